The molecule has 17 heavy (non-hydrogen) atoms. The minimum atomic E-state index is -1.06. The monoisotopic (exact) mass is 229 g/mol. The Bertz CT molecular complexity index is 412. The molecule has 88 valence electrons. The van der Waals surface area contributed by atoms with Gasteiger partial charge < -0.3 is 5.11 Å². The summed E-state index contributed by atoms with van der Waals surface area (Å²) in [6.07, 6.45) is 0. The van der Waals surface area contributed by atoms with Gasteiger partial charge in [0.25, 0.3) is 0 Å². The van der Waals surface area contributed by atoms with Crippen molar-refractivity contribution in [3.05, 3.63) is 35.9 Å². The Balaban J connectivity index is 2.78. The fraction of sp³-hybridized carbons (Fsp3) is 0.385. The molecule has 1 N–H and O–H groups in total. The summed E-state index contributed by atoms with van der Waals surface area (Å²) >= 11 is 0. The van der Waals surface area contributed by atoms with Gasteiger partial charge in [0, 0.05) is 6.54 Å². The maximum atomic E-state index is 10.3. The van der Waals surface area contributed by atoms with Gasteiger partial charge in [0.2, 0.25) is 0 Å². The van der Waals surface area contributed by atoms with E-state index in [0.717, 1.165) is 5.56 Å². The first kappa shape index (κ1) is 13.2. The first-order valence-electron chi connectivity index (χ1n) is 5.34. The molecule has 0 aliphatic carbocycles. The van der Waals surface area contributed by atoms with Crippen LogP contribution in [0.1, 0.15) is 12.5 Å². The van der Waals surface area contributed by atoms with E-state index in [1.165, 1.54) is 0 Å². The Morgan fingerprint density at radius 1 is 1.18 bits per heavy atom. The highest BCUT2D eigenvalue weighted by Crippen LogP contribution is 2.21. The largest absolute Gasteiger partial charge is 0.384 e. The van der Waals surface area contributed by atoms with E-state index in [-0.39, 0.29) is 19.6 Å². The van der Waals surface area contributed by atoms with Crippen molar-refractivity contribution in [2.24, 2.45) is 0 Å². The van der Waals surface area contributed by atoms with E-state index in [2.05, 4.69) is 0 Å². The van der Waals surface area contributed by atoms with Crippen LogP contribution in [0.25, 0.3) is 0 Å². The molecule has 1 atom stereocenters. The van der Waals surface area contributed by atoms with Crippen LogP contribution in [0, 0.1) is 22.7 Å². The van der Waals surface area contributed by atoms with E-state index in [1.54, 1.807) is 11.8 Å². The van der Waals surface area contributed by atoms with E-state index in [1.807, 2.05) is 42.5 Å². The van der Waals surface area contributed by atoms with Crippen molar-refractivity contribution in [2.75, 3.05) is 19.6 Å². The lowest BCUT2D eigenvalue weighted by Crippen LogP contribution is -2.39. The first-order chi connectivity index (χ1) is 8.10. The molecule has 0 radical (unpaired) electrons. The zero-order chi connectivity index (χ0) is 12.7. The van der Waals surface area contributed by atoms with Crippen LogP contribution in [0.2, 0.25) is 0 Å². The van der Waals surface area contributed by atoms with Crippen molar-refractivity contribution >= 4 is 0 Å². The van der Waals surface area contributed by atoms with Gasteiger partial charge in [0.1, 0.15) is 0 Å². The van der Waals surface area contributed by atoms with Crippen LogP contribution in [0.4, 0.5) is 0 Å². The smallest absolute Gasteiger partial charge is 0.0995 e. The van der Waals surface area contributed by atoms with Crippen molar-refractivity contribution in [1.82, 2.24) is 4.90 Å². The molecule has 0 amide bonds. The molecule has 0 aromatic heterocycles. The molecule has 0 spiro atoms. The van der Waals surface area contributed by atoms with E-state index in [9.17, 15) is 5.11 Å². The molecule has 1 aromatic rings. The van der Waals surface area contributed by atoms with E-state index >= 15 is 0 Å². The van der Waals surface area contributed by atoms with Crippen LogP contribution in [0.3, 0.4) is 0 Å². The van der Waals surface area contributed by atoms with Gasteiger partial charge in [-0.25, -0.2) is 0 Å². The average molecular weight is 229 g/mol. The Labute approximate surface area is 101 Å². The first-order valence-corrected chi connectivity index (χ1v) is 5.34. The summed E-state index contributed by atoms with van der Waals surface area (Å²) in [6.45, 7) is 2.22. The van der Waals surface area contributed by atoms with Gasteiger partial charge in [-0.2, -0.15) is 10.5 Å². The lowest BCUT2D eigenvalue weighted by Gasteiger charge is -2.29. The van der Waals surface area contributed by atoms with Crippen LogP contribution in [0.15, 0.2) is 30.3 Å². The number of rotatable bonds is 5. The summed E-state index contributed by atoms with van der Waals surface area (Å²) in [7, 11) is 0. The average Bonchev–Trinajstić information content (AvgIpc) is 2.30. The zero-order valence-electron chi connectivity index (χ0n) is 9.80. The van der Waals surface area contributed by atoms with Gasteiger partial charge in [-0.1, -0.05) is 30.3 Å². The maximum absolute atomic E-state index is 10.3. The van der Waals surface area contributed by atoms with Gasteiger partial charge >= 0.3 is 0 Å². The standard InChI is InChI=1S/C13H15N3O/c1-13(17,12-5-3-2-4-6-12)11-16(9-7-14)10-8-15/h2-6,17H,9-11H2,1H3. The molecule has 0 aliphatic rings. The summed E-state index contributed by atoms with van der Waals surface area (Å²) in [4.78, 5) is 1.62. The predicted octanol–water partition coefficient (Wildman–Crippen LogP) is 1.24. The van der Waals surface area contributed by atoms with Gasteiger partial charge in [0.15, 0.2) is 0 Å². The van der Waals surface area contributed by atoms with Crippen molar-refractivity contribution in [3.63, 3.8) is 0 Å². The Morgan fingerprint density at radius 2 is 1.71 bits per heavy atom. The number of hydrogen-bond acceptors (Lipinski definition) is 4. The topological polar surface area (TPSA) is 71.0 Å². The molecular formula is C13H15N3O. The molecule has 1 aromatic carbocycles. The molecule has 0 saturated carbocycles. The van der Waals surface area contributed by atoms with Gasteiger partial charge in [-0.3, -0.25) is 4.90 Å². The summed E-state index contributed by atoms with van der Waals surface area (Å²) in [5.41, 5.74) is -0.282. The predicted molar refractivity (Wildman–Crippen MR) is 63.7 cm³/mol. The van der Waals surface area contributed by atoms with Crippen LogP contribution < -0.4 is 0 Å². The fourth-order valence-corrected chi connectivity index (χ4v) is 1.69. The van der Waals surface area contributed by atoms with Crippen molar-refractivity contribution in [3.8, 4) is 12.1 Å². The second kappa shape index (κ2) is 6.00. The lowest BCUT2D eigenvalue weighted by molar-refractivity contribution is 0.0232. The van der Waals surface area contributed by atoms with Gasteiger partial charge in [-0.05, 0) is 12.5 Å². The van der Waals surface area contributed by atoms with E-state index in [4.69, 9.17) is 10.5 Å². The molecule has 0 saturated heterocycles. The number of nitriles is 2. The van der Waals surface area contributed by atoms with Crippen LogP contribution in [-0.2, 0) is 5.60 Å². The third kappa shape index (κ3) is 3.88. The Morgan fingerprint density at radius 3 is 2.18 bits per heavy atom. The van der Waals surface area contributed by atoms with Crippen LogP contribution in [-0.4, -0.2) is 29.6 Å². The molecule has 1 unspecified atom stereocenters. The third-order valence-electron chi connectivity index (χ3n) is 2.52. The Kier molecular flexibility index (Phi) is 4.66. The quantitative estimate of drug-likeness (QED) is 0.771. The molecule has 1 rings (SSSR count). The third-order valence-corrected chi connectivity index (χ3v) is 2.52. The number of aliphatic hydroxyl groups is 1. The van der Waals surface area contributed by atoms with Crippen molar-refractivity contribution < 1.29 is 5.11 Å². The minimum absolute atomic E-state index is 0.135. The summed E-state index contributed by atoms with van der Waals surface area (Å²) < 4.78 is 0. The van der Waals surface area contributed by atoms with E-state index < -0.39 is 5.60 Å². The number of hydrogen-bond donors (Lipinski definition) is 1. The molecule has 4 heteroatoms. The highest BCUT2D eigenvalue weighted by atomic mass is 16.3. The summed E-state index contributed by atoms with van der Waals surface area (Å²) in [5.74, 6) is 0. The van der Waals surface area contributed by atoms with Gasteiger partial charge in [-0.15, -0.1) is 0 Å². The molecule has 0 aliphatic heterocycles. The fourth-order valence-electron chi connectivity index (χ4n) is 1.69. The zero-order valence-corrected chi connectivity index (χ0v) is 9.80. The van der Waals surface area contributed by atoms with E-state index in [0.29, 0.717) is 0 Å². The highest BCUT2D eigenvalue weighted by Gasteiger charge is 2.25. The number of nitrogens with zero attached hydrogens (tertiary/aromatic N) is 3. The normalized spacial score (nSPS) is 13.7. The second-order valence-electron chi connectivity index (χ2n) is 4.10. The lowest BCUT2D eigenvalue weighted by atomic mass is 9.95. The highest BCUT2D eigenvalue weighted by molar-refractivity contribution is 5.21. The molecule has 0 bridgehead atoms. The van der Waals surface area contributed by atoms with Gasteiger partial charge in [0.05, 0.1) is 30.8 Å². The minimum Gasteiger partial charge on any atom is -0.384 e. The van der Waals surface area contributed by atoms with Crippen molar-refractivity contribution in [1.29, 1.82) is 10.5 Å². The Hall–Kier alpha value is -1.88. The van der Waals surface area contributed by atoms with Crippen LogP contribution >= 0.6 is 0 Å². The molecular weight excluding hydrogens is 214 g/mol. The SMILES string of the molecule is CC(O)(CN(CC#N)CC#N)c1ccccc1. The van der Waals surface area contributed by atoms with Crippen LogP contribution in [0.5, 0.6) is 0 Å². The molecule has 4 nitrogen and oxygen atoms in total. The molecule has 0 fully saturated rings. The van der Waals surface area contributed by atoms with Crippen molar-refractivity contribution in [2.45, 2.75) is 12.5 Å². The number of benzene rings is 1. The summed E-state index contributed by atoms with van der Waals surface area (Å²) in [5, 5.41) is 27.6. The maximum Gasteiger partial charge on any atom is 0.0995 e. The second-order valence-corrected chi connectivity index (χ2v) is 4.10. The summed E-state index contributed by atoms with van der Waals surface area (Å²) in [6, 6.07) is 13.2. The molecule has 0 heterocycles.